The molecule has 0 aliphatic carbocycles. The monoisotopic (exact) mass is 466 g/mol. The van der Waals surface area contributed by atoms with Crippen LogP contribution in [-0.2, 0) is 16.1 Å². The molecule has 1 aliphatic heterocycles. The SMILES string of the molecule is CCOC(=O)c1cccc(NC(=O)C2CCCN(Cc3nc(-c4ccc(F)cc4)no3)C2)c1C. The van der Waals surface area contributed by atoms with Crippen molar-refractivity contribution in [2.75, 3.05) is 25.0 Å². The highest BCUT2D eigenvalue weighted by atomic mass is 19.1. The van der Waals surface area contributed by atoms with Crippen LogP contribution < -0.4 is 5.32 Å². The fraction of sp³-hybridized carbons (Fsp3) is 0.360. The van der Waals surface area contributed by atoms with Crippen LogP contribution in [0.4, 0.5) is 10.1 Å². The van der Waals surface area contributed by atoms with E-state index in [1.807, 2.05) is 0 Å². The second kappa shape index (κ2) is 10.6. The second-order valence-electron chi connectivity index (χ2n) is 8.28. The van der Waals surface area contributed by atoms with Crippen LogP contribution in [0.15, 0.2) is 47.0 Å². The Balaban J connectivity index is 1.38. The maximum atomic E-state index is 13.1. The van der Waals surface area contributed by atoms with E-state index in [2.05, 4.69) is 20.4 Å². The third-order valence-corrected chi connectivity index (χ3v) is 5.89. The Bertz CT molecular complexity index is 1160. The molecule has 1 amide bonds. The Morgan fingerprint density at radius 1 is 1.24 bits per heavy atom. The Kier molecular flexibility index (Phi) is 7.32. The Labute approximate surface area is 197 Å². The highest BCUT2D eigenvalue weighted by Crippen LogP contribution is 2.24. The normalized spacial score (nSPS) is 16.3. The number of esters is 1. The molecule has 1 aromatic heterocycles. The molecule has 3 aromatic rings. The first kappa shape index (κ1) is 23.6. The number of piperidine rings is 1. The molecule has 1 saturated heterocycles. The number of carbonyl (C=O) groups excluding carboxylic acids is 2. The molecule has 1 atom stereocenters. The van der Waals surface area contributed by atoms with Crippen molar-refractivity contribution in [3.63, 3.8) is 0 Å². The van der Waals surface area contributed by atoms with Crippen LogP contribution in [0, 0.1) is 18.7 Å². The van der Waals surface area contributed by atoms with Gasteiger partial charge in [0.15, 0.2) is 0 Å². The standard InChI is InChI=1S/C25H27FN4O4/c1-3-33-25(32)20-7-4-8-21(16(20)2)27-24(31)18-6-5-13-30(14-18)15-22-28-23(29-34-22)17-9-11-19(26)12-10-17/h4,7-12,18H,3,5-6,13-15H2,1-2H3,(H,27,31). The van der Waals surface area contributed by atoms with Crippen molar-refractivity contribution in [3.8, 4) is 11.4 Å². The number of ether oxygens (including phenoxy) is 1. The van der Waals surface area contributed by atoms with Crippen LogP contribution in [0.2, 0.25) is 0 Å². The summed E-state index contributed by atoms with van der Waals surface area (Å²) in [5.74, 6) is -0.186. The lowest BCUT2D eigenvalue weighted by Crippen LogP contribution is -2.40. The quantitative estimate of drug-likeness (QED) is 0.521. The number of aromatic nitrogens is 2. The summed E-state index contributed by atoms with van der Waals surface area (Å²) in [5.41, 5.74) is 2.40. The van der Waals surface area contributed by atoms with Gasteiger partial charge in [0.2, 0.25) is 17.6 Å². The lowest BCUT2D eigenvalue weighted by atomic mass is 9.96. The van der Waals surface area contributed by atoms with E-state index in [0.29, 0.717) is 47.2 Å². The Hall–Kier alpha value is -3.59. The van der Waals surface area contributed by atoms with Gasteiger partial charge in [0, 0.05) is 17.8 Å². The number of amides is 1. The van der Waals surface area contributed by atoms with Crippen LogP contribution >= 0.6 is 0 Å². The lowest BCUT2D eigenvalue weighted by Gasteiger charge is -2.31. The third-order valence-electron chi connectivity index (χ3n) is 5.89. The summed E-state index contributed by atoms with van der Waals surface area (Å²) >= 11 is 0. The van der Waals surface area contributed by atoms with Gasteiger partial charge in [-0.15, -0.1) is 0 Å². The van der Waals surface area contributed by atoms with E-state index in [9.17, 15) is 14.0 Å². The maximum absolute atomic E-state index is 13.1. The number of anilines is 1. The van der Waals surface area contributed by atoms with Crippen LogP contribution in [0.25, 0.3) is 11.4 Å². The first-order chi connectivity index (χ1) is 16.4. The summed E-state index contributed by atoms with van der Waals surface area (Å²) in [7, 11) is 0. The van der Waals surface area contributed by atoms with Crippen molar-refractivity contribution in [1.82, 2.24) is 15.0 Å². The van der Waals surface area contributed by atoms with E-state index >= 15 is 0 Å². The predicted molar refractivity (Wildman–Crippen MR) is 123 cm³/mol. The topological polar surface area (TPSA) is 97.6 Å². The lowest BCUT2D eigenvalue weighted by molar-refractivity contribution is -0.121. The molecule has 0 bridgehead atoms. The summed E-state index contributed by atoms with van der Waals surface area (Å²) < 4.78 is 23.6. The van der Waals surface area contributed by atoms with E-state index in [-0.39, 0.29) is 24.2 Å². The van der Waals surface area contributed by atoms with Crippen molar-refractivity contribution in [2.24, 2.45) is 5.92 Å². The molecule has 178 valence electrons. The fourth-order valence-corrected chi connectivity index (χ4v) is 4.08. The zero-order valence-electron chi connectivity index (χ0n) is 19.2. The molecular weight excluding hydrogens is 439 g/mol. The van der Waals surface area contributed by atoms with Gasteiger partial charge in [-0.2, -0.15) is 4.98 Å². The molecule has 34 heavy (non-hydrogen) atoms. The molecule has 4 rings (SSSR count). The third kappa shape index (κ3) is 5.48. The molecule has 0 saturated carbocycles. The summed E-state index contributed by atoms with van der Waals surface area (Å²) in [6.45, 7) is 5.63. The molecule has 1 fully saturated rings. The zero-order valence-corrected chi connectivity index (χ0v) is 19.2. The smallest absolute Gasteiger partial charge is 0.338 e. The fourth-order valence-electron chi connectivity index (χ4n) is 4.08. The minimum atomic E-state index is -0.403. The van der Waals surface area contributed by atoms with Crippen LogP contribution in [-0.4, -0.2) is 46.6 Å². The molecule has 9 heteroatoms. The molecule has 0 radical (unpaired) electrons. The zero-order chi connectivity index (χ0) is 24.1. The van der Waals surface area contributed by atoms with Crippen molar-refractivity contribution in [1.29, 1.82) is 0 Å². The molecule has 0 spiro atoms. The van der Waals surface area contributed by atoms with Crippen LogP contribution in [0.3, 0.4) is 0 Å². The number of hydrogen-bond donors (Lipinski definition) is 1. The van der Waals surface area contributed by atoms with Gasteiger partial charge in [-0.05, 0) is 75.2 Å². The number of benzene rings is 2. The molecule has 1 unspecified atom stereocenters. The van der Waals surface area contributed by atoms with Gasteiger partial charge in [-0.25, -0.2) is 9.18 Å². The van der Waals surface area contributed by atoms with E-state index in [1.54, 1.807) is 44.2 Å². The summed E-state index contributed by atoms with van der Waals surface area (Å²) in [5, 5.41) is 6.96. The van der Waals surface area contributed by atoms with Gasteiger partial charge in [0.05, 0.1) is 24.6 Å². The van der Waals surface area contributed by atoms with E-state index in [1.165, 1.54) is 12.1 Å². The molecular formula is C25H27FN4O4. The van der Waals surface area contributed by atoms with Gasteiger partial charge < -0.3 is 14.6 Å². The average Bonchev–Trinajstić information content (AvgIpc) is 3.29. The van der Waals surface area contributed by atoms with Crippen molar-refractivity contribution < 1.29 is 23.2 Å². The minimum absolute atomic E-state index is 0.0914. The van der Waals surface area contributed by atoms with E-state index < -0.39 is 5.97 Å². The molecule has 2 aromatic carbocycles. The molecule has 1 aliphatic rings. The molecule has 8 nitrogen and oxygen atoms in total. The highest BCUT2D eigenvalue weighted by Gasteiger charge is 2.27. The predicted octanol–water partition coefficient (Wildman–Crippen LogP) is 4.21. The van der Waals surface area contributed by atoms with Gasteiger partial charge in [0.25, 0.3) is 0 Å². The second-order valence-corrected chi connectivity index (χ2v) is 8.28. The number of carbonyl (C=O) groups is 2. The first-order valence-electron chi connectivity index (χ1n) is 11.3. The number of nitrogens with zero attached hydrogens (tertiary/aromatic N) is 3. The van der Waals surface area contributed by atoms with Crippen LogP contribution in [0.5, 0.6) is 0 Å². The van der Waals surface area contributed by atoms with E-state index in [4.69, 9.17) is 9.26 Å². The van der Waals surface area contributed by atoms with Crippen LogP contribution in [0.1, 0.15) is 41.6 Å². The van der Waals surface area contributed by atoms with Gasteiger partial charge in [-0.3, -0.25) is 9.69 Å². The van der Waals surface area contributed by atoms with E-state index in [0.717, 1.165) is 19.4 Å². The van der Waals surface area contributed by atoms with Crippen molar-refractivity contribution in [3.05, 3.63) is 65.3 Å². The van der Waals surface area contributed by atoms with Crippen molar-refractivity contribution in [2.45, 2.75) is 33.2 Å². The van der Waals surface area contributed by atoms with Gasteiger partial charge >= 0.3 is 5.97 Å². The summed E-state index contributed by atoms with van der Waals surface area (Å²) in [6, 6.07) is 11.1. The van der Waals surface area contributed by atoms with Crippen molar-refractivity contribution >= 4 is 17.6 Å². The van der Waals surface area contributed by atoms with Gasteiger partial charge in [-0.1, -0.05) is 11.2 Å². The van der Waals surface area contributed by atoms with Gasteiger partial charge in [0.1, 0.15) is 5.82 Å². The minimum Gasteiger partial charge on any atom is -0.462 e. The molecule has 1 N–H and O–H groups in total. The first-order valence-corrected chi connectivity index (χ1v) is 11.3. The molecule has 2 heterocycles. The maximum Gasteiger partial charge on any atom is 0.338 e. The Morgan fingerprint density at radius 2 is 2.03 bits per heavy atom. The summed E-state index contributed by atoms with van der Waals surface area (Å²) in [6.07, 6.45) is 1.63. The number of halogens is 1. The number of likely N-dealkylation sites (tertiary alicyclic amines) is 1. The summed E-state index contributed by atoms with van der Waals surface area (Å²) in [4.78, 5) is 31.7. The number of nitrogens with one attached hydrogen (secondary N) is 1. The number of rotatable bonds is 7. The average molecular weight is 467 g/mol. The Morgan fingerprint density at radius 3 is 2.79 bits per heavy atom. The largest absolute Gasteiger partial charge is 0.462 e. The highest BCUT2D eigenvalue weighted by molar-refractivity contribution is 5.97. The number of hydrogen-bond acceptors (Lipinski definition) is 7.